The zero-order chi connectivity index (χ0) is 10.1. The molecule has 2 rings (SSSR count). The van der Waals surface area contributed by atoms with E-state index in [0.717, 1.165) is 11.5 Å². The molecule has 1 aliphatic carbocycles. The van der Waals surface area contributed by atoms with Crippen LogP contribution >= 0.6 is 0 Å². The fourth-order valence-electron chi connectivity index (χ4n) is 2.31. The van der Waals surface area contributed by atoms with Gasteiger partial charge in [-0.25, -0.2) is 0 Å². The van der Waals surface area contributed by atoms with E-state index in [9.17, 15) is 0 Å². The third kappa shape index (κ3) is 1.71. The first-order valence-electron chi connectivity index (χ1n) is 5.51. The van der Waals surface area contributed by atoms with Crippen molar-refractivity contribution in [2.24, 2.45) is 11.7 Å². The standard InChI is InChI=1S/C12H19NO/c1-8-7-11(14-9(8)2)12(13)10-5-3-4-6-10/h7,10,12H,3-6,13H2,1-2H3/t12-/m0/s1. The van der Waals surface area contributed by atoms with Crippen molar-refractivity contribution < 1.29 is 4.42 Å². The van der Waals surface area contributed by atoms with E-state index >= 15 is 0 Å². The van der Waals surface area contributed by atoms with Gasteiger partial charge in [0.1, 0.15) is 11.5 Å². The molecule has 0 bridgehead atoms. The predicted molar refractivity (Wildman–Crippen MR) is 57.1 cm³/mol. The summed E-state index contributed by atoms with van der Waals surface area (Å²) in [6.07, 6.45) is 5.19. The van der Waals surface area contributed by atoms with Gasteiger partial charge in [0.15, 0.2) is 0 Å². The first-order chi connectivity index (χ1) is 6.68. The van der Waals surface area contributed by atoms with Gasteiger partial charge in [-0.05, 0) is 44.2 Å². The van der Waals surface area contributed by atoms with Gasteiger partial charge in [-0.1, -0.05) is 12.8 Å². The maximum Gasteiger partial charge on any atom is 0.121 e. The van der Waals surface area contributed by atoms with E-state index in [1.807, 2.05) is 6.92 Å². The molecule has 1 heterocycles. The van der Waals surface area contributed by atoms with Crippen molar-refractivity contribution in [2.45, 2.75) is 45.6 Å². The van der Waals surface area contributed by atoms with E-state index in [0.29, 0.717) is 5.92 Å². The fraction of sp³-hybridized carbons (Fsp3) is 0.667. The normalized spacial score (nSPS) is 20.2. The Morgan fingerprint density at radius 3 is 2.50 bits per heavy atom. The van der Waals surface area contributed by atoms with Crippen molar-refractivity contribution in [3.63, 3.8) is 0 Å². The molecule has 2 N–H and O–H groups in total. The average Bonchev–Trinajstić information content (AvgIpc) is 2.76. The van der Waals surface area contributed by atoms with E-state index in [4.69, 9.17) is 10.2 Å². The summed E-state index contributed by atoms with van der Waals surface area (Å²) in [5, 5.41) is 0. The van der Waals surface area contributed by atoms with Crippen molar-refractivity contribution in [3.8, 4) is 0 Å². The van der Waals surface area contributed by atoms with Gasteiger partial charge < -0.3 is 10.2 Å². The highest BCUT2D eigenvalue weighted by atomic mass is 16.3. The molecule has 0 spiro atoms. The van der Waals surface area contributed by atoms with Crippen LogP contribution < -0.4 is 5.73 Å². The Labute approximate surface area is 85.5 Å². The summed E-state index contributed by atoms with van der Waals surface area (Å²) in [6, 6.07) is 2.21. The molecular weight excluding hydrogens is 174 g/mol. The molecule has 1 saturated carbocycles. The number of furan rings is 1. The van der Waals surface area contributed by atoms with Gasteiger partial charge in [-0.2, -0.15) is 0 Å². The predicted octanol–water partition coefficient (Wildman–Crippen LogP) is 3.09. The Hall–Kier alpha value is -0.760. The topological polar surface area (TPSA) is 39.2 Å². The maximum absolute atomic E-state index is 6.19. The number of rotatable bonds is 2. The van der Waals surface area contributed by atoms with Gasteiger partial charge in [0, 0.05) is 0 Å². The summed E-state index contributed by atoms with van der Waals surface area (Å²) in [5.74, 6) is 2.63. The molecule has 0 aromatic carbocycles. The number of nitrogens with two attached hydrogens (primary N) is 1. The van der Waals surface area contributed by atoms with E-state index in [2.05, 4.69) is 13.0 Å². The third-order valence-electron chi connectivity index (χ3n) is 3.42. The Kier molecular flexibility index (Phi) is 2.64. The lowest BCUT2D eigenvalue weighted by molar-refractivity contribution is 0.361. The van der Waals surface area contributed by atoms with Crippen LogP contribution in [-0.2, 0) is 0 Å². The second-order valence-electron chi connectivity index (χ2n) is 4.46. The van der Waals surface area contributed by atoms with Crippen LogP contribution in [0.5, 0.6) is 0 Å². The van der Waals surface area contributed by atoms with Gasteiger partial charge >= 0.3 is 0 Å². The molecule has 1 aromatic heterocycles. The molecule has 78 valence electrons. The Morgan fingerprint density at radius 2 is 2.00 bits per heavy atom. The van der Waals surface area contributed by atoms with Crippen molar-refractivity contribution in [2.75, 3.05) is 0 Å². The average molecular weight is 193 g/mol. The molecule has 1 aromatic rings. The second kappa shape index (κ2) is 3.77. The minimum absolute atomic E-state index is 0.116. The molecule has 1 aliphatic rings. The van der Waals surface area contributed by atoms with Gasteiger partial charge in [0.2, 0.25) is 0 Å². The highest BCUT2D eigenvalue weighted by Crippen LogP contribution is 2.35. The summed E-state index contributed by atoms with van der Waals surface area (Å²) in [4.78, 5) is 0. The minimum Gasteiger partial charge on any atom is -0.464 e. The molecule has 2 nitrogen and oxygen atoms in total. The first kappa shape index (κ1) is 9.78. The lowest BCUT2D eigenvalue weighted by atomic mass is 9.97. The van der Waals surface area contributed by atoms with Crippen molar-refractivity contribution in [1.82, 2.24) is 0 Å². The van der Waals surface area contributed by atoms with Gasteiger partial charge in [-0.15, -0.1) is 0 Å². The van der Waals surface area contributed by atoms with Crippen molar-refractivity contribution in [3.05, 3.63) is 23.2 Å². The number of hydrogen-bond acceptors (Lipinski definition) is 2. The highest BCUT2D eigenvalue weighted by Gasteiger charge is 2.25. The molecule has 14 heavy (non-hydrogen) atoms. The zero-order valence-electron chi connectivity index (χ0n) is 9.05. The summed E-state index contributed by atoms with van der Waals surface area (Å²) in [5.41, 5.74) is 7.40. The first-order valence-corrected chi connectivity index (χ1v) is 5.51. The van der Waals surface area contributed by atoms with Gasteiger partial charge in [0.25, 0.3) is 0 Å². The maximum atomic E-state index is 6.19. The van der Waals surface area contributed by atoms with E-state index in [1.54, 1.807) is 0 Å². The van der Waals surface area contributed by atoms with E-state index in [-0.39, 0.29) is 6.04 Å². The Bertz CT molecular complexity index is 291. The zero-order valence-corrected chi connectivity index (χ0v) is 9.05. The summed E-state index contributed by atoms with van der Waals surface area (Å²) >= 11 is 0. The second-order valence-corrected chi connectivity index (χ2v) is 4.46. The Balaban J connectivity index is 2.13. The van der Waals surface area contributed by atoms with Crippen LogP contribution in [0.1, 0.15) is 48.8 Å². The molecule has 1 atom stereocenters. The van der Waals surface area contributed by atoms with Crippen LogP contribution in [0.25, 0.3) is 0 Å². The van der Waals surface area contributed by atoms with Crippen LogP contribution in [0.2, 0.25) is 0 Å². The molecule has 2 heteroatoms. The van der Waals surface area contributed by atoms with Crippen LogP contribution in [0.15, 0.2) is 10.5 Å². The lowest BCUT2D eigenvalue weighted by Gasteiger charge is -2.15. The van der Waals surface area contributed by atoms with Crippen LogP contribution in [-0.4, -0.2) is 0 Å². The largest absolute Gasteiger partial charge is 0.464 e. The van der Waals surface area contributed by atoms with Gasteiger partial charge in [-0.3, -0.25) is 0 Å². The quantitative estimate of drug-likeness (QED) is 0.784. The van der Waals surface area contributed by atoms with Gasteiger partial charge in [0.05, 0.1) is 6.04 Å². The molecule has 0 unspecified atom stereocenters. The van der Waals surface area contributed by atoms with Crippen molar-refractivity contribution in [1.29, 1.82) is 0 Å². The minimum atomic E-state index is 0.116. The van der Waals surface area contributed by atoms with Crippen LogP contribution in [0.4, 0.5) is 0 Å². The molecular formula is C12H19NO. The third-order valence-corrected chi connectivity index (χ3v) is 3.42. The molecule has 0 saturated heterocycles. The Morgan fingerprint density at radius 1 is 1.36 bits per heavy atom. The molecule has 0 amide bonds. The van der Waals surface area contributed by atoms with Crippen molar-refractivity contribution >= 4 is 0 Å². The fourth-order valence-corrected chi connectivity index (χ4v) is 2.31. The molecule has 1 fully saturated rings. The smallest absolute Gasteiger partial charge is 0.121 e. The van der Waals surface area contributed by atoms with E-state index < -0.39 is 0 Å². The summed E-state index contributed by atoms with van der Waals surface area (Å²) in [6.45, 7) is 4.07. The SMILES string of the molecule is Cc1cc([C@@H](N)C2CCCC2)oc1C. The lowest BCUT2D eigenvalue weighted by Crippen LogP contribution is -2.18. The van der Waals surface area contributed by atoms with Crippen LogP contribution in [0.3, 0.4) is 0 Å². The van der Waals surface area contributed by atoms with Crippen LogP contribution in [0, 0.1) is 19.8 Å². The number of hydrogen-bond donors (Lipinski definition) is 1. The summed E-state index contributed by atoms with van der Waals surface area (Å²) < 4.78 is 5.66. The molecule has 0 aliphatic heterocycles. The summed E-state index contributed by atoms with van der Waals surface area (Å²) in [7, 11) is 0. The number of aryl methyl sites for hydroxylation is 2. The molecule has 0 radical (unpaired) electrons. The van der Waals surface area contributed by atoms with E-state index in [1.165, 1.54) is 31.2 Å². The highest BCUT2D eigenvalue weighted by molar-refractivity contribution is 5.21. The monoisotopic (exact) mass is 193 g/mol.